The van der Waals surface area contributed by atoms with Gasteiger partial charge in [-0.25, -0.2) is 4.52 Å². The third-order valence-corrected chi connectivity index (χ3v) is 4.00. The second-order valence-corrected chi connectivity index (χ2v) is 5.51. The minimum Gasteiger partial charge on any atom is -0.376 e. The van der Waals surface area contributed by atoms with Crippen LogP contribution in [0, 0.1) is 0 Å². The van der Waals surface area contributed by atoms with E-state index in [4.69, 9.17) is 4.74 Å². The Morgan fingerprint density at radius 3 is 3.13 bits per heavy atom. The molecule has 8 nitrogen and oxygen atoms in total. The molecule has 3 aromatic rings. The van der Waals surface area contributed by atoms with Gasteiger partial charge in [0.05, 0.1) is 17.1 Å². The Bertz CT molecular complexity index is 939. The lowest BCUT2D eigenvalue weighted by atomic mass is 10.2. The van der Waals surface area contributed by atoms with Crippen LogP contribution in [-0.2, 0) is 4.74 Å². The molecule has 1 fully saturated rings. The number of benzene rings is 1. The third kappa shape index (κ3) is 2.36. The monoisotopic (exact) mass is 313 g/mol. The zero-order valence-electron chi connectivity index (χ0n) is 12.3. The molecule has 1 atom stereocenters. The second-order valence-electron chi connectivity index (χ2n) is 5.51. The largest absolute Gasteiger partial charge is 0.376 e. The maximum absolute atomic E-state index is 12.3. The number of fused-ring (bicyclic) bond motifs is 3. The molecule has 8 heteroatoms. The molecule has 3 heterocycles. The van der Waals surface area contributed by atoms with Crippen molar-refractivity contribution in [3.05, 3.63) is 40.3 Å². The van der Waals surface area contributed by atoms with Crippen LogP contribution in [0.15, 0.2) is 29.1 Å². The molecular weight excluding hydrogens is 298 g/mol. The van der Waals surface area contributed by atoms with Crippen LogP contribution >= 0.6 is 0 Å². The summed E-state index contributed by atoms with van der Waals surface area (Å²) < 4.78 is 6.86. The van der Waals surface area contributed by atoms with Gasteiger partial charge in [0.15, 0.2) is 11.2 Å². The zero-order chi connectivity index (χ0) is 15.8. The molecule has 2 aromatic heterocycles. The summed E-state index contributed by atoms with van der Waals surface area (Å²) >= 11 is 0. The first-order valence-corrected chi connectivity index (χ1v) is 7.50. The lowest BCUT2D eigenvalue weighted by Crippen LogP contribution is -2.32. The summed E-state index contributed by atoms with van der Waals surface area (Å²) in [4.78, 5) is 27.4. The molecular formula is C15H15N5O3. The van der Waals surface area contributed by atoms with E-state index in [1.165, 1.54) is 4.52 Å². The van der Waals surface area contributed by atoms with Crippen LogP contribution in [0.2, 0.25) is 0 Å². The van der Waals surface area contributed by atoms with E-state index in [9.17, 15) is 9.59 Å². The van der Waals surface area contributed by atoms with Gasteiger partial charge in [-0.1, -0.05) is 17.3 Å². The highest BCUT2D eigenvalue weighted by Crippen LogP contribution is 2.13. The van der Waals surface area contributed by atoms with Gasteiger partial charge in [-0.3, -0.25) is 9.59 Å². The first-order valence-electron chi connectivity index (χ1n) is 7.50. The lowest BCUT2D eigenvalue weighted by Gasteiger charge is -2.09. The first kappa shape index (κ1) is 13.9. The van der Waals surface area contributed by atoms with Gasteiger partial charge in [0.1, 0.15) is 0 Å². The van der Waals surface area contributed by atoms with E-state index in [0.29, 0.717) is 17.6 Å². The number of aromatic amines is 1. The van der Waals surface area contributed by atoms with Gasteiger partial charge in [-0.05, 0) is 25.0 Å². The van der Waals surface area contributed by atoms with E-state index in [-0.39, 0.29) is 17.3 Å². The number of nitrogens with zero attached hydrogens (tertiary/aromatic N) is 3. The normalized spacial score (nSPS) is 17.8. The Morgan fingerprint density at radius 1 is 1.43 bits per heavy atom. The summed E-state index contributed by atoms with van der Waals surface area (Å²) in [7, 11) is 0. The molecule has 118 valence electrons. The van der Waals surface area contributed by atoms with E-state index in [1.54, 1.807) is 12.1 Å². The Hall–Kier alpha value is -2.74. The molecule has 4 rings (SSSR count). The number of hydrogen-bond acceptors (Lipinski definition) is 5. The highest BCUT2D eigenvalue weighted by atomic mass is 16.5. The Balaban J connectivity index is 1.71. The Kier molecular flexibility index (Phi) is 3.30. The number of nitrogens with one attached hydrogen (secondary N) is 2. The van der Waals surface area contributed by atoms with Crippen molar-refractivity contribution in [2.45, 2.75) is 18.9 Å². The van der Waals surface area contributed by atoms with Crippen LogP contribution in [0.5, 0.6) is 0 Å². The fourth-order valence-electron chi connectivity index (χ4n) is 2.85. The summed E-state index contributed by atoms with van der Waals surface area (Å²) in [5.74, 6) is -0.420. The minimum absolute atomic E-state index is 0.0231. The fourth-order valence-corrected chi connectivity index (χ4v) is 2.85. The van der Waals surface area contributed by atoms with E-state index in [1.807, 2.05) is 12.1 Å². The van der Waals surface area contributed by atoms with Gasteiger partial charge >= 0.3 is 0 Å². The number of carbonyl (C=O) groups excluding carboxylic acids is 1. The van der Waals surface area contributed by atoms with Gasteiger partial charge in [0.25, 0.3) is 11.5 Å². The van der Waals surface area contributed by atoms with Crippen molar-refractivity contribution < 1.29 is 9.53 Å². The zero-order valence-corrected chi connectivity index (χ0v) is 12.3. The van der Waals surface area contributed by atoms with E-state index in [0.717, 1.165) is 19.4 Å². The van der Waals surface area contributed by atoms with E-state index in [2.05, 4.69) is 20.6 Å². The molecule has 1 saturated heterocycles. The molecule has 0 saturated carbocycles. The lowest BCUT2D eigenvalue weighted by molar-refractivity contribution is 0.0855. The molecule has 0 radical (unpaired) electrons. The molecule has 1 aliphatic heterocycles. The molecule has 0 aliphatic carbocycles. The summed E-state index contributed by atoms with van der Waals surface area (Å²) in [6.45, 7) is 1.13. The van der Waals surface area contributed by atoms with Crippen molar-refractivity contribution in [2.24, 2.45) is 0 Å². The van der Waals surface area contributed by atoms with E-state index < -0.39 is 11.5 Å². The third-order valence-electron chi connectivity index (χ3n) is 4.00. The number of aromatic nitrogens is 4. The minimum atomic E-state index is -0.420. The molecule has 23 heavy (non-hydrogen) atoms. The summed E-state index contributed by atoms with van der Waals surface area (Å²) in [6, 6.07) is 7.23. The number of rotatable bonds is 3. The van der Waals surface area contributed by atoms with Crippen molar-refractivity contribution in [3.8, 4) is 0 Å². The molecule has 0 spiro atoms. The number of H-pyrrole nitrogens is 1. The predicted octanol–water partition coefficient (Wildman–Crippen LogP) is 0.480. The van der Waals surface area contributed by atoms with Crippen LogP contribution < -0.4 is 10.9 Å². The van der Waals surface area contributed by atoms with Crippen molar-refractivity contribution in [1.82, 2.24) is 25.1 Å². The Labute approximate surface area is 130 Å². The van der Waals surface area contributed by atoms with Crippen molar-refractivity contribution in [2.75, 3.05) is 13.2 Å². The average molecular weight is 313 g/mol. The topological polar surface area (TPSA) is 101 Å². The van der Waals surface area contributed by atoms with E-state index >= 15 is 0 Å². The van der Waals surface area contributed by atoms with Crippen LogP contribution in [0.3, 0.4) is 0 Å². The van der Waals surface area contributed by atoms with Crippen molar-refractivity contribution in [3.63, 3.8) is 0 Å². The number of amides is 1. The predicted molar refractivity (Wildman–Crippen MR) is 82.4 cm³/mol. The molecule has 1 amide bonds. The molecule has 1 aliphatic rings. The van der Waals surface area contributed by atoms with Gasteiger partial charge in [0, 0.05) is 13.2 Å². The average Bonchev–Trinajstić information content (AvgIpc) is 3.22. The van der Waals surface area contributed by atoms with Gasteiger partial charge in [-0.2, -0.15) is 0 Å². The van der Waals surface area contributed by atoms with Crippen molar-refractivity contribution in [1.29, 1.82) is 0 Å². The molecule has 1 aromatic carbocycles. The van der Waals surface area contributed by atoms with Crippen LogP contribution in [0.1, 0.15) is 23.3 Å². The molecule has 2 N–H and O–H groups in total. The summed E-state index contributed by atoms with van der Waals surface area (Å²) in [6.07, 6.45) is 1.95. The molecule has 1 unspecified atom stereocenters. The quantitative estimate of drug-likeness (QED) is 0.732. The fraction of sp³-hybridized carbons (Fsp3) is 0.333. The highest BCUT2D eigenvalue weighted by Gasteiger charge is 2.21. The number of hydrogen-bond donors (Lipinski definition) is 2. The van der Waals surface area contributed by atoms with Gasteiger partial charge < -0.3 is 15.0 Å². The number of para-hydroxylation sites is 2. The number of ether oxygens (including phenoxy) is 1. The van der Waals surface area contributed by atoms with Crippen LogP contribution in [0.25, 0.3) is 16.6 Å². The summed E-state index contributed by atoms with van der Waals surface area (Å²) in [5.41, 5.74) is 1.11. The molecule has 0 bridgehead atoms. The first-order chi connectivity index (χ1) is 11.2. The van der Waals surface area contributed by atoms with Crippen LogP contribution in [0.4, 0.5) is 0 Å². The maximum Gasteiger partial charge on any atom is 0.277 e. The van der Waals surface area contributed by atoms with Gasteiger partial charge in [-0.15, -0.1) is 5.10 Å². The van der Waals surface area contributed by atoms with Crippen molar-refractivity contribution >= 4 is 22.5 Å². The maximum atomic E-state index is 12.3. The summed E-state index contributed by atoms with van der Waals surface area (Å²) in [5, 5.41) is 10.6. The second kappa shape index (κ2) is 5.47. The SMILES string of the molecule is O=C(NCC1CCCO1)c1nnn2c1c(=O)[nH]c1ccccc12. The Morgan fingerprint density at radius 2 is 2.30 bits per heavy atom. The number of carbonyl (C=O) groups is 1. The standard InChI is InChI=1S/C15H15N5O3/c21-14(16-8-9-4-3-7-23-9)12-13-15(22)17-10-5-1-2-6-11(10)20(13)19-18-12/h1-2,5-6,9H,3-4,7-8H2,(H,16,21)(H,17,22). The van der Waals surface area contributed by atoms with Crippen LogP contribution in [-0.4, -0.2) is 45.0 Å². The van der Waals surface area contributed by atoms with Gasteiger partial charge in [0.2, 0.25) is 0 Å². The smallest absolute Gasteiger partial charge is 0.277 e. The highest BCUT2D eigenvalue weighted by molar-refractivity contribution is 5.99.